The number of aromatic nitrogens is 3. The van der Waals surface area contributed by atoms with Crippen LogP contribution in [0.25, 0.3) is 16.4 Å². The Morgan fingerprint density at radius 1 is 1.10 bits per heavy atom. The van der Waals surface area contributed by atoms with E-state index < -0.39 is 0 Å². The summed E-state index contributed by atoms with van der Waals surface area (Å²) in [6.45, 7) is 0.341. The predicted molar refractivity (Wildman–Crippen MR) is 118 cm³/mol. The fourth-order valence-electron chi connectivity index (χ4n) is 3.15. The van der Waals surface area contributed by atoms with E-state index in [4.69, 9.17) is 9.15 Å². The van der Waals surface area contributed by atoms with Crippen LogP contribution in [-0.2, 0) is 17.8 Å². The topological polar surface area (TPSA) is 81.7 Å². The molecule has 4 heterocycles. The molecule has 0 radical (unpaired) electrons. The second-order valence-electron chi connectivity index (χ2n) is 6.86. The molecule has 0 unspecified atom stereocenters. The molecule has 0 aliphatic carbocycles. The molecule has 1 N–H and O–H groups in total. The lowest BCUT2D eigenvalue weighted by Gasteiger charge is -2.08. The summed E-state index contributed by atoms with van der Waals surface area (Å²) >= 11 is 1.45. The lowest BCUT2D eigenvalue weighted by molar-refractivity contribution is -0.115. The molecule has 0 saturated heterocycles. The van der Waals surface area contributed by atoms with E-state index in [1.165, 1.54) is 11.3 Å². The monoisotopic (exact) mass is 430 g/mol. The molecule has 5 aromatic rings. The third kappa shape index (κ3) is 4.49. The van der Waals surface area contributed by atoms with Crippen molar-refractivity contribution in [2.75, 3.05) is 5.32 Å². The molecule has 0 aliphatic rings. The summed E-state index contributed by atoms with van der Waals surface area (Å²) in [4.78, 5) is 21.4. The molecule has 8 heteroatoms. The number of amides is 1. The van der Waals surface area contributed by atoms with Crippen molar-refractivity contribution in [1.82, 2.24) is 14.4 Å². The van der Waals surface area contributed by atoms with Gasteiger partial charge in [0.25, 0.3) is 0 Å². The number of nitrogens with zero attached hydrogens (tertiary/aromatic N) is 3. The molecule has 31 heavy (non-hydrogen) atoms. The van der Waals surface area contributed by atoms with Crippen LogP contribution < -0.4 is 10.1 Å². The number of fused-ring (bicyclic) bond motifs is 1. The Labute approximate surface area is 182 Å². The third-order valence-electron chi connectivity index (χ3n) is 4.54. The van der Waals surface area contributed by atoms with Gasteiger partial charge < -0.3 is 18.9 Å². The van der Waals surface area contributed by atoms with Crippen LogP contribution in [0.1, 0.15) is 11.4 Å². The minimum atomic E-state index is -0.145. The van der Waals surface area contributed by atoms with Crippen molar-refractivity contribution in [2.24, 2.45) is 0 Å². The van der Waals surface area contributed by atoms with E-state index in [9.17, 15) is 4.79 Å². The highest BCUT2D eigenvalue weighted by Gasteiger charge is 2.11. The summed E-state index contributed by atoms with van der Waals surface area (Å²) in [5.41, 5.74) is 3.07. The van der Waals surface area contributed by atoms with E-state index in [1.54, 1.807) is 12.3 Å². The zero-order valence-corrected chi connectivity index (χ0v) is 17.2. The normalized spacial score (nSPS) is 11.0. The third-order valence-corrected chi connectivity index (χ3v) is 5.45. The van der Waals surface area contributed by atoms with E-state index in [-0.39, 0.29) is 12.3 Å². The van der Waals surface area contributed by atoms with Crippen LogP contribution in [0.3, 0.4) is 0 Å². The van der Waals surface area contributed by atoms with Gasteiger partial charge in [0, 0.05) is 29.5 Å². The highest BCUT2D eigenvalue weighted by atomic mass is 32.1. The van der Waals surface area contributed by atoms with Crippen LogP contribution in [0.15, 0.2) is 83.1 Å². The van der Waals surface area contributed by atoms with Gasteiger partial charge in [-0.2, -0.15) is 0 Å². The van der Waals surface area contributed by atoms with Crippen molar-refractivity contribution >= 4 is 28.6 Å². The molecule has 5 rings (SSSR count). The number of benzene rings is 1. The van der Waals surface area contributed by atoms with Gasteiger partial charge in [-0.15, -0.1) is 11.3 Å². The van der Waals surface area contributed by atoms with Crippen molar-refractivity contribution < 1.29 is 13.9 Å². The van der Waals surface area contributed by atoms with Crippen LogP contribution in [0.4, 0.5) is 5.69 Å². The van der Waals surface area contributed by atoms with Crippen molar-refractivity contribution in [3.8, 4) is 16.5 Å². The second-order valence-corrected chi connectivity index (χ2v) is 7.72. The summed E-state index contributed by atoms with van der Waals surface area (Å²) in [7, 11) is 0. The Morgan fingerprint density at radius 3 is 2.94 bits per heavy atom. The average Bonchev–Trinajstić information content (AvgIpc) is 3.52. The van der Waals surface area contributed by atoms with Crippen LogP contribution in [0, 0.1) is 0 Å². The lowest BCUT2D eigenvalue weighted by atomic mass is 10.2. The fraction of sp³-hybridized carbons (Fsp3) is 0.0870. The number of furan rings is 1. The smallest absolute Gasteiger partial charge is 0.230 e. The molecule has 0 spiro atoms. The first-order valence-corrected chi connectivity index (χ1v) is 10.5. The van der Waals surface area contributed by atoms with Gasteiger partial charge in [-0.3, -0.25) is 4.79 Å². The van der Waals surface area contributed by atoms with Crippen LogP contribution in [-0.4, -0.2) is 20.3 Å². The first-order chi connectivity index (χ1) is 15.2. The minimum Gasteiger partial charge on any atom is -0.487 e. The highest BCUT2D eigenvalue weighted by molar-refractivity contribution is 7.13. The molecule has 0 atom stereocenters. The van der Waals surface area contributed by atoms with Crippen LogP contribution >= 0.6 is 11.3 Å². The first kappa shape index (κ1) is 19.1. The summed E-state index contributed by atoms with van der Waals surface area (Å²) in [5.74, 6) is 1.21. The zero-order chi connectivity index (χ0) is 21.0. The van der Waals surface area contributed by atoms with Crippen LogP contribution in [0.5, 0.6) is 5.75 Å². The Bertz CT molecular complexity index is 1290. The summed E-state index contributed by atoms with van der Waals surface area (Å²) < 4.78 is 13.2. The molecule has 0 fully saturated rings. The van der Waals surface area contributed by atoms with Gasteiger partial charge in [0.05, 0.1) is 24.1 Å². The van der Waals surface area contributed by atoms with E-state index >= 15 is 0 Å². The van der Waals surface area contributed by atoms with Gasteiger partial charge in [0.15, 0.2) is 10.8 Å². The number of carbonyl (C=O) groups is 1. The van der Waals surface area contributed by atoms with Gasteiger partial charge in [-0.05, 0) is 36.4 Å². The average molecular weight is 430 g/mol. The van der Waals surface area contributed by atoms with E-state index in [0.717, 1.165) is 16.3 Å². The maximum absolute atomic E-state index is 12.4. The Hall–Kier alpha value is -3.91. The highest BCUT2D eigenvalue weighted by Crippen LogP contribution is 2.24. The standard InChI is InChI=1S/C23H18N4O3S/c28-22(12-17-15-31-23(26-17)20-7-4-10-29-20)25-16-5-3-6-19(11-16)30-14-18-13-27-9-2-1-8-21(27)24-18/h1-11,13,15H,12,14H2,(H,25,28). The van der Waals surface area contributed by atoms with Gasteiger partial charge in [0.2, 0.25) is 5.91 Å². The maximum Gasteiger partial charge on any atom is 0.230 e. The summed E-state index contributed by atoms with van der Waals surface area (Å²) in [6, 6.07) is 16.8. The minimum absolute atomic E-state index is 0.145. The molecular formula is C23H18N4O3S. The molecule has 0 bridgehead atoms. The number of pyridine rings is 1. The predicted octanol–water partition coefficient (Wildman–Crippen LogP) is 4.81. The summed E-state index contributed by atoms with van der Waals surface area (Å²) in [5, 5.41) is 5.52. The Morgan fingerprint density at radius 2 is 2.06 bits per heavy atom. The number of ether oxygens (including phenoxy) is 1. The van der Waals surface area contributed by atoms with Crippen molar-refractivity contribution in [1.29, 1.82) is 0 Å². The van der Waals surface area contributed by atoms with Crippen LogP contribution in [0.2, 0.25) is 0 Å². The molecular weight excluding hydrogens is 412 g/mol. The van der Waals surface area contributed by atoms with Gasteiger partial charge in [0.1, 0.15) is 18.0 Å². The van der Waals surface area contributed by atoms with Gasteiger partial charge in [-0.25, -0.2) is 9.97 Å². The molecule has 154 valence electrons. The molecule has 1 amide bonds. The lowest BCUT2D eigenvalue weighted by Crippen LogP contribution is -2.14. The van der Waals surface area contributed by atoms with E-state index in [1.807, 2.05) is 70.7 Å². The first-order valence-electron chi connectivity index (χ1n) is 9.66. The zero-order valence-electron chi connectivity index (χ0n) is 16.4. The van der Waals surface area contributed by atoms with E-state index in [2.05, 4.69) is 15.3 Å². The Balaban J connectivity index is 1.19. The number of hydrogen-bond acceptors (Lipinski definition) is 6. The number of nitrogens with one attached hydrogen (secondary N) is 1. The quantitative estimate of drug-likeness (QED) is 0.401. The maximum atomic E-state index is 12.4. The molecule has 0 saturated carbocycles. The number of imidazole rings is 1. The largest absolute Gasteiger partial charge is 0.487 e. The van der Waals surface area contributed by atoms with Gasteiger partial charge >= 0.3 is 0 Å². The number of anilines is 1. The number of rotatable bonds is 7. The number of hydrogen-bond donors (Lipinski definition) is 1. The second kappa shape index (κ2) is 8.45. The van der Waals surface area contributed by atoms with Crippen molar-refractivity contribution in [3.05, 3.63) is 90.0 Å². The van der Waals surface area contributed by atoms with Crippen molar-refractivity contribution in [3.63, 3.8) is 0 Å². The summed E-state index contributed by atoms with van der Waals surface area (Å²) in [6.07, 6.45) is 5.67. The fourth-order valence-corrected chi connectivity index (χ4v) is 3.93. The molecule has 0 aliphatic heterocycles. The molecule has 7 nitrogen and oxygen atoms in total. The van der Waals surface area contributed by atoms with Crippen molar-refractivity contribution in [2.45, 2.75) is 13.0 Å². The number of carbonyl (C=O) groups excluding carboxylic acids is 1. The Kier molecular flexibility index (Phi) is 5.20. The number of thiazole rings is 1. The van der Waals surface area contributed by atoms with E-state index in [0.29, 0.717) is 29.5 Å². The SMILES string of the molecule is O=C(Cc1csc(-c2ccco2)n1)Nc1cccc(OCc2cn3ccccc3n2)c1. The molecule has 4 aromatic heterocycles. The van der Waals surface area contributed by atoms with Gasteiger partial charge in [-0.1, -0.05) is 12.1 Å². The molecule has 1 aromatic carbocycles.